The molecule has 0 saturated heterocycles. The predicted octanol–water partition coefficient (Wildman–Crippen LogP) is 7.22. The van der Waals surface area contributed by atoms with E-state index in [0.29, 0.717) is 28.7 Å². The zero-order valence-corrected chi connectivity index (χ0v) is 19.7. The molecule has 0 unspecified atom stereocenters. The first-order chi connectivity index (χ1) is 15.7. The van der Waals surface area contributed by atoms with Gasteiger partial charge in [0.25, 0.3) is 0 Å². The number of halogens is 1. The summed E-state index contributed by atoms with van der Waals surface area (Å²) in [5, 5.41) is 12.4. The summed E-state index contributed by atoms with van der Waals surface area (Å²) in [6.45, 7) is 0.452. The van der Waals surface area contributed by atoms with Crippen molar-refractivity contribution in [3.8, 4) is 28.8 Å². The highest BCUT2D eigenvalue weighted by Crippen LogP contribution is 2.32. The number of allylic oxidation sites excluding steroid dienone is 1. The van der Waals surface area contributed by atoms with Gasteiger partial charge in [-0.2, -0.15) is 5.26 Å². The van der Waals surface area contributed by atoms with Crippen molar-refractivity contribution in [1.29, 1.82) is 5.26 Å². The lowest BCUT2D eigenvalue weighted by molar-refractivity contribution is 0.284. The second kappa shape index (κ2) is 10.3. The summed E-state index contributed by atoms with van der Waals surface area (Å²) in [4.78, 5) is 4.66. The maximum atomic E-state index is 9.74. The normalized spacial score (nSPS) is 11.1. The molecule has 0 amide bonds. The van der Waals surface area contributed by atoms with Crippen LogP contribution in [0.4, 0.5) is 0 Å². The molecule has 3 aromatic carbocycles. The molecule has 0 fully saturated rings. The Hall–Kier alpha value is -3.40. The molecule has 32 heavy (non-hydrogen) atoms. The molecule has 0 aliphatic carbocycles. The van der Waals surface area contributed by atoms with Gasteiger partial charge in [0.05, 0.1) is 18.4 Å². The van der Waals surface area contributed by atoms with Gasteiger partial charge in [-0.3, -0.25) is 0 Å². The van der Waals surface area contributed by atoms with Crippen LogP contribution < -0.4 is 9.47 Å². The Morgan fingerprint density at radius 3 is 2.66 bits per heavy atom. The number of rotatable bonds is 7. The van der Waals surface area contributed by atoms with Gasteiger partial charge in [0.2, 0.25) is 0 Å². The zero-order chi connectivity index (χ0) is 22.3. The minimum Gasteiger partial charge on any atom is -0.493 e. The first-order valence-corrected chi connectivity index (χ1v) is 11.5. The molecule has 4 rings (SSSR count). The third-order valence-electron chi connectivity index (χ3n) is 4.71. The first kappa shape index (κ1) is 21.8. The molecule has 0 saturated carbocycles. The van der Waals surface area contributed by atoms with Crippen LogP contribution in [-0.2, 0) is 6.61 Å². The number of ether oxygens (including phenoxy) is 2. The fourth-order valence-electron chi connectivity index (χ4n) is 3.11. The average molecular weight is 503 g/mol. The molecule has 0 N–H and O–H groups in total. The number of thiazole rings is 1. The van der Waals surface area contributed by atoms with Crippen molar-refractivity contribution >= 4 is 38.9 Å². The van der Waals surface area contributed by atoms with E-state index in [4.69, 9.17) is 9.47 Å². The Morgan fingerprint density at radius 1 is 1.06 bits per heavy atom. The number of nitrogens with zero attached hydrogens (tertiary/aromatic N) is 2. The van der Waals surface area contributed by atoms with Crippen molar-refractivity contribution in [1.82, 2.24) is 4.98 Å². The van der Waals surface area contributed by atoms with Crippen LogP contribution in [0.1, 0.15) is 16.1 Å². The molecular weight excluding hydrogens is 484 g/mol. The molecule has 0 aliphatic rings. The monoisotopic (exact) mass is 502 g/mol. The van der Waals surface area contributed by atoms with Gasteiger partial charge in [0.15, 0.2) is 11.5 Å². The van der Waals surface area contributed by atoms with E-state index in [1.165, 1.54) is 11.3 Å². The standard InChI is InChI=1S/C26H19BrN2O2S/c1-30-25-13-19(10-11-24(25)31-16-18-6-3-2-4-7-18)12-21(15-28)26-29-23(17-32-26)20-8-5-9-22(27)14-20/h2-14,17H,16H2,1H3/b21-12-. The fourth-order valence-corrected chi connectivity index (χ4v) is 4.31. The van der Waals surface area contributed by atoms with E-state index in [2.05, 4.69) is 27.0 Å². The van der Waals surface area contributed by atoms with Crippen molar-refractivity contribution in [3.63, 3.8) is 0 Å². The van der Waals surface area contributed by atoms with E-state index >= 15 is 0 Å². The largest absolute Gasteiger partial charge is 0.493 e. The first-order valence-electron chi connectivity index (χ1n) is 9.84. The number of benzene rings is 3. The minimum absolute atomic E-state index is 0.452. The summed E-state index contributed by atoms with van der Waals surface area (Å²) < 4.78 is 12.4. The highest BCUT2D eigenvalue weighted by atomic mass is 79.9. The Bertz CT molecular complexity index is 1290. The minimum atomic E-state index is 0.452. The quantitative estimate of drug-likeness (QED) is 0.250. The van der Waals surface area contributed by atoms with Gasteiger partial charge in [-0.1, -0.05) is 64.5 Å². The molecule has 4 nitrogen and oxygen atoms in total. The third-order valence-corrected chi connectivity index (χ3v) is 6.08. The van der Waals surface area contributed by atoms with E-state index in [-0.39, 0.29) is 0 Å². The summed E-state index contributed by atoms with van der Waals surface area (Å²) in [6.07, 6.45) is 1.81. The Morgan fingerprint density at radius 2 is 1.91 bits per heavy atom. The molecule has 1 aromatic heterocycles. The summed E-state index contributed by atoms with van der Waals surface area (Å²) in [5.41, 5.74) is 4.26. The van der Waals surface area contributed by atoms with Crippen LogP contribution in [0.3, 0.4) is 0 Å². The van der Waals surface area contributed by atoms with Crippen LogP contribution >= 0.6 is 27.3 Å². The molecular formula is C26H19BrN2O2S. The third kappa shape index (κ3) is 5.25. The van der Waals surface area contributed by atoms with Crippen molar-refractivity contribution < 1.29 is 9.47 Å². The predicted molar refractivity (Wildman–Crippen MR) is 133 cm³/mol. The van der Waals surface area contributed by atoms with Crippen LogP contribution in [0.2, 0.25) is 0 Å². The van der Waals surface area contributed by atoms with Crippen LogP contribution in [0.5, 0.6) is 11.5 Å². The number of methoxy groups -OCH3 is 1. The number of hydrogen-bond acceptors (Lipinski definition) is 5. The van der Waals surface area contributed by atoms with Gasteiger partial charge in [-0.15, -0.1) is 11.3 Å². The van der Waals surface area contributed by atoms with Gasteiger partial charge in [-0.05, 0) is 41.5 Å². The van der Waals surface area contributed by atoms with Crippen molar-refractivity contribution in [2.75, 3.05) is 7.11 Å². The highest BCUT2D eigenvalue weighted by molar-refractivity contribution is 9.10. The molecule has 4 aromatic rings. The van der Waals surface area contributed by atoms with E-state index in [1.54, 1.807) is 7.11 Å². The lowest BCUT2D eigenvalue weighted by Gasteiger charge is -2.11. The zero-order valence-electron chi connectivity index (χ0n) is 17.3. The second-order valence-electron chi connectivity index (χ2n) is 6.90. The second-order valence-corrected chi connectivity index (χ2v) is 8.68. The molecule has 158 valence electrons. The van der Waals surface area contributed by atoms with Crippen LogP contribution in [0.25, 0.3) is 22.9 Å². The average Bonchev–Trinajstić information content (AvgIpc) is 3.32. The summed E-state index contributed by atoms with van der Waals surface area (Å²) in [6, 6.07) is 25.8. The van der Waals surface area contributed by atoms with E-state index in [1.807, 2.05) is 84.3 Å². The lowest BCUT2D eigenvalue weighted by Crippen LogP contribution is -1.97. The molecule has 0 atom stereocenters. The maximum absolute atomic E-state index is 9.74. The van der Waals surface area contributed by atoms with Crippen LogP contribution in [-0.4, -0.2) is 12.1 Å². The molecule has 6 heteroatoms. The van der Waals surface area contributed by atoms with Crippen LogP contribution in [0.15, 0.2) is 82.6 Å². The van der Waals surface area contributed by atoms with Gasteiger partial charge in [-0.25, -0.2) is 4.98 Å². The molecule has 0 bridgehead atoms. The van der Waals surface area contributed by atoms with Crippen LogP contribution in [0, 0.1) is 11.3 Å². The summed E-state index contributed by atoms with van der Waals surface area (Å²) in [7, 11) is 1.61. The number of aromatic nitrogens is 1. The van der Waals surface area contributed by atoms with Crippen molar-refractivity contribution in [3.05, 3.63) is 98.8 Å². The van der Waals surface area contributed by atoms with Crippen molar-refractivity contribution in [2.24, 2.45) is 0 Å². The van der Waals surface area contributed by atoms with Gasteiger partial charge < -0.3 is 9.47 Å². The maximum Gasteiger partial charge on any atom is 0.161 e. The lowest BCUT2D eigenvalue weighted by atomic mass is 10.1. The summed E-state index contributed by atoms with van der Waals surface area (Å²) >= 11 is 4.93. The number of hydrogen-bond donors (Lipinski definition) is 0. The fraction of sp³-hybridized carbons (Fsp3) is 0.0769. The Balaban J connectivity index is 1.56. The van der Waals surface area contributed by atoms with E-state index in [0.717, 1.165) is 26.9 Å². The SMILES string of the molecule is COc1cc(/C=C(/C#N)c2nc(-c3cccc(Br)c3)cs2)ccc1OCc1ccccc1. The van der Waals surface area contributed by atoms with E-state index < -0.39 is 0 Å². The van der Waals surface area contributed by atoms with Gasteiger partial charge in [0, 0.05) is 15.4 Å². The number of nitriles is 1. The van der Waals surface area contributed by atoms with Gasteiger partial charge >= 0.3 is 0 Å². The van der Waals surface area contributed by atoms with Gasteiger partial charge in [0.1, 0.15) is 17.7 Å². The molecule has 0 spiro atoms. The summed E-state index contributed by atoms with van der Waals surface area (Å²) in [5.74, 6) is 1.26. The topological polar surface area (TPSA) is 55.1 Å². The Kier molecular flexibility index (Phi) is 7.00. The highest BCUT2D eigenvalue weighted by Gasteiger charge is 2.11. The Labute approximate surface area is 199 Å². The molecule has 0 aliphatic heterocycles. The van der Waals surface area contributed by atoms with E-state index in [9.17, 15) is 5.26 Å². The molecule has 0 radical (unpaired) electrons. The van der Waals surface area contributed by atoms with Crippen molar-refractivity contribution in [2.45, 2.75) is 6.61 Å². The smallest absolute Gasteiger partial charge is 0.161 e. The molecule has 1 heterocycles.